The Morgan fingerprint density at radius 3 is 2.73 bits per heavy atom. The van der Waals surface area contributed by atoms with E-state index in [4.69, 9.17) is 4.74 Å². The number of fused-ring (bicyclic) bond motifs is 1. The van der Waals surface area contributed by atoms with Crippen molar-refractivity contribution < 1.29 is 9.53 Å². The van der Waals surface area contributed by atoms with Crippen molar-refractivity contribution in [2.24, 2.45) is 12.5 Å². The zero-order valence-corrected chi connectivity index (χ0v) is 18.0. The molecule has 4 aromatic rings. The van der Waals surface area contributed by atoms with Gasteiger partial charge in [0.2, 0.25) is 5.91 Å². The number of aromatic nitrogens is 5. The second kappa shape index (κ2) is 7.83. The van der Waals surface area contributed by atoms with E-state index in [1.807, 2.05) is 62.5 Å². The Hall–Kier alpha value is -3.33. The molecule has 9 heteroatoms. The topological polar surface area (TPSA) is 94.8 Å². The molecule has 0 spiro atoms. The molecule has 0 saturated carbocycles. The summed E-state index contributed by atoms with van der Waals surface area (Å²) in [6.07, 6.45) is 0. The molecule has 0 fully saturated rings. The van der Waals surface area contributed by atoms with Crippen molar-refractivity contribution >= 4 is 33.1 Å². The third-order valence-corrected chi connectivity index (χ3v) is 5.37. The third kappa shape index (κ3) is 4.02. The molecule has 2 aromatic carbocycles. The summed E-state index contributed by atoms with van der Waals surface area (Å²) in [4.78, 5) is 16.6. The Kier molecular flexibility index (Phi) is 5.21. The van der Waals surface area contributed by atoms with Gasteiger partial charge in [-0.15, -0.1) is 16.4 Å². The first-order valence-corrected chi connectivity index (χ1v) is 10.3. The minimum Gasteiger partial charge on any atom is -0.486 e. The largest absolute Gasteiger partial charge is 0.486 e. The van der Waals surface area contributed by atoms with E-state index in [2.05, 4.69) is 25.8 Å². The van der Waals surface area contributed by atoms with Gasteiger partial charge in [-0.25, -0.2) is 9.67 Å². The number of tetrazole rings is 1. The number of nitrogens with one attached hydrogen (secondary N) is 1. The summed E-state index contributed by atoms with van der Waals surface area (Å²) < 4.78 is 7.74. The average Bonchev–Trinajstić information content (AvgIpc) is 3.34. The van der Waals surface area contributed by atoms with Gasteiger partial charge in [-0.3, -0.25) is 4.79 Å². The van der Waals surface area contributed by atoms with E-state index in [1.165, 1.54) is 11.3 Å². The number of carbonyl (C=O) groups excluding carboxylic acids is 1. The number of anilines is 1. The van der Waals surface area contributed by atoms with Crippen molar-refractivity contribution in [3.63, 3.8) is 0 Å². The molecule has 0 aliphatic rings. The normalized spacial score (nSPS) is 11.6. The van der Waals surface area contributed by atoms with Crippen LogP contribution in [0.15, 0.2) is 41.8 Å². The van der Waals surface area contributed by atoms with Crippen LogP contribution in [0.3, 0.4) is 0 Å². The van der Waals surface area contributed by atoms with E-state index < -0.39 is 5.41 Å². The van der Waals surface area contributed by atoms with Gasteiger partial charge in [0, 0.05) is 17.8 Å². The number of rotatable bonds is 5. The lowest BCUT2D eigenvalue weighted by atomic mass is 9.96. The molecule has 2 aromatic heterocycles. The molecular formula is C21H22N6O2S. The smallest absolute Gasteiger partial charge is 0.231 e. The SMILES string of the molecule is Cn1nnnc1-c1c(OCc2csc(NC(=O)C(C)(C)C)n2)ccc2ccccc12. The maximum Gasteiger partial charge on any atom is 0.231 e. The molecule has 1 amide bonds. The number of aryl methyl sites for hydroxylation is 1. The molecule has 0 unspecified atom stereocenters. The highest BCUT2D eigenvalue weighted by molar-refractivity contribution is 7.13. The molecule has 0 bridgehead atoms. The van der Waals surface area contributed by atoms with Crippen LogP contribution in [0, 0.1) is 5.41 Å². The van der Waals surface area contributed by atoms with Gasteiger partial charge in [-0.05, 0) is 27.3 Å². The first-order valence-electron chi connectivity index (χ1n) is 9.46. The highest BCUT2D eigenvalue weighted by Gasteiger charge is 2.22. The quantitative estimate of drug-likeness (QED) is 0.521. The molecule has 0 aliphatic carbocycles. The fraction of sp³-hybridized carbons (Fsp3) is 0.286. The summed E-state index contributed by atoms with van der Waals surface area (Å²) in [7, 11) is 1.80. The summed E-state index contributed by atoms with van der Waals surface area (Å²) in [5.41, 5.74) is 1.09. The summed E-state index contributed by atoms with van der Waals surface area (Å²) >= 11 is 1.38. The number of nitrogens with zero attached hydrogens (tertiary/aromatic N) is 5. The second-order valence-corrected chi connectivity index (χ2v) is 8.78. The summed E-state index contributed by atoms with van der Waals surface area (Å²) in [6.45, 7) is 5.85. The highest BCUT2D eigenvalue weighted by Crippen LogP contribution is 2.36. The van der Waals surface area contributed by atoms with Gasteiger partial charge in [0.1, 0.15) is 12.4 Å². The fourth-order valence-corrected chi connectivity index (χ4v) is 3.60. The predicted molar refractivity (Wildman–Crippen MR) is 116 cm³/mol. The van der Waals surface area contributed by atoms with Crippen LogP contribution in [0.5, 0.6) is 5.75 Å². The molecule has 4 rings (SSSR count). The number of thiazole rings is 1. The zero-order valence-electron chi connectivity index (χ0n) is 17.2. The molecule has 0 saturated heterocycles. The number of benzene rings is 2. The average molecular weight is 423 g/mol. The van der Waals surface area contributed by atoms with Crippen LogP contribution >= 0.6 is 11.3 Å². The van der Waals surface area contributed by atoms with E-state index in [9.17, 15) is 4.79 Å². The number of amides is 1. The Labute approximate surface area is 177 Å². The lowest BCUT2D eigenvalue weighted by molar-refractivity contribution is -0.123. The summed E-state index contributed by atoms with van der Waals surface area (Å²) in [6, 6.07) is 12.0. The Morgan fingerprint density at radius 1 is 1.20 bits per heavy atom. The van der Waals surface area contributed by atoms with Crippen LogP contribution in [0.25, 0.3) is 22.2 Å². The van der Waals surface area contributed by atoms with Crippen molar-refractivity contribution in [2.45, 2.75) is 27.4 Å². The van der Waals surface area contributed by atoms with Crippen LogP contribution in [0.4, 0.5) is 5.13 Å². The predicted octanol–water partition coefficient (Wildman–Crippen LogP) is 4.05. The van der Waals surface area contributed by atoms with Gasteiger partial charge >= 0.3 is 0 Å². The molecule has 8 nitrogen and oxygen atoms in total. The van der Waals surface area contributed by atoms with Crippen LogP contribution in [-0.4, -0.2) is 31.1 Å². The minimum absolute atomic E-state index is 0.0732. The van der Waals surface area contributed by atoms with Crippen LogP contribution < -0.4 is 10.1 Å². The number of hydrogen-bond donors (Lipinski definition) is 1. The Balaban J connectivity index is 1.60. The molecule has 154 valence electrons. The van der Waals surface area contributed by atoms with E-state index in [-0.39, 0.29) is 12.5 Å². The minimum atomic E-state index is -0.480. The first-order chi connectivity index (χ1) is 14.3. The fourth-order valence-electron chi connectivity index (χ4n) is 2.91. The molecule has 0 radical (unpaired) electrons. The Morgan fingerprint density at radius 2 is 2.00 bits per heavy atom. The molecule has 1 N–H and O–H groups in total. The van der Waals surface area contributed by atoms with Crippen molar-refractivity contribution in [3.05, 3.63) is 47.5 Å². The zero-order chi connectivity index (χ0) is 21.3. The summed E-state index contributed by atoms with van der Waals surface area (Å²) in [5.74, 6) is 1.22. The molecule has 2 heterocycles. The lowest BCUT2D eigenvalue weighted by Gasteiger charge is -2.16. The van der Waals surface area contributed by atoms with E-state index in [1.54, 1.807) is 11.7 Å². The van der Waals surface area contributed by atoms with Crippen LogP contribution in [0.1, 0.15) is 26.5 Å². The maximum atomic E-state index is 12.2. The van der Waals surface area contributed by atoms with Crippen molar-refractivity contribution in [1.82, 2.24) is 25.2 Å². The van der Waals surface area contributed by atoms with E-state index in [0.717, 1.165) is 22.0 Å². The molecule has 30 heavy (non-hydrogen) atoms. The highest BCUT2D eigenvalue weighted by atomic mass is 32.1. The van der Waals surface area contributed by atoms with Gasteiger partial charge in [0.05, 0.1) is 11.3 Å². The number of hydrogen-bond acceptors (Lipinski definition) is 7. The maximum absolute atomic E-state index is 12.2. The van der Waals surface area contributed by atoms with Crippen molar-refractivity contribution in [3.8, 4) is 17.1 Å². The van der Waals surface area contributed by atoms with Crippen LogP contribution in [0.2, 0.25) is 0 Å². The number of carbonyl (C=O) groups is 1. The standard InChI is InChI=1S/C21H22N6O2S/c1-21(2,3)19(28)23-20-22-14(12-30-20)11-29-16-10-9-13-7-5-6-8-15(13)17(16)18-24-25-26-27(18)4/h5-10,12H,11H2,1-4H3,(H,22,23,28). The first kappa shape index (κ1) is 20.0. The van der Waals surface area contributed by atoms with Gasteiger partial charge in [0.15, 0.2) is 11.0 Å². The summed E-state index contributed by atoms with van der Waals surface area (Å²) in [5, 5.41) is 19.3. The van der Waals surface area contributed by atoms with Gasteiger partial charge in [-0.1, -0.05) is 51.1 Å². The molecule has 0 aliphatic heterocycles. The van der Waals surface area contributed by atoms with Crippen LogP contribution in [-0.2, 0) is 18.4 Å². The Bertz CT molecular complexity index is 1210. The second-order valence-electron chi connectivity index (χ2n) is 7.92. The van der Waals surface area contributed by atoms with Crippen molar-refractivity contribution in [1.29, 1.82) is 0 Å². The van der Waals surface area contributed by atoms with Gasteiger partial charge in [0.25, 0.3) is 0 Å². The van der Waals surface area contributed by atoms with E-state index in [0.29, 0.717) is 16.7 Å². The van der Waals surface area contributed by atoms with E-state index >= 15 is 0 Å². The molecular weight excluding hydrogens is 400 g/mol. The monoisotopic (exact) mass is 422 g/mol. The van der Waals surface area contributed by atoms with Crippen molar-refractivity contribution in [2.75, 3.05) is 5.32 Å². The lowest BCUT2D eigenvalue weighted by Crippen LogP contribution is -2.27. The van der Waals surface area contributed by atoms with Gasteiger partial charge in [-0.2, -0.15) is 0 Å². The molecule has 0 atom stereocenters. The third-order valence-electron chi connectivity index (χ3n) is 4.56. The number of ether oxygens (including phenoxy) is 1. The van der Waals surface area contributed by atoms with Gasteiger partial charge < -0.3 is 10.1 Å².